The van der Waals surface area contributed by atoms with Crippen molar-refractivity contribution in [3.63, 3.8) is 0 Å². The molecule has 1 aliphatic rings. The maximum Gasteiger partial charge on any atom is 0.110 e. The monoisotopic (exact) mass is 307 g/mol. The van der Waals surface area contributed by atoms with Crippen molar-refractivity contribution in [3.05, 3.63) is 28.5 Å². The molecular weight excluding hydrogens is 290 g/mol. The van der Waals surface area contributed by atoms with E-state index in [2.05, 4.69) is 38.7 Å². The van der Waals surface area contributed by atoms with Crippen molar-refractivity contribution in [2.24, 2.45) is 5.73 Å². The molecule has 1 heterocycles. The van der Waals surface area contributed by atoms with E-state index >= 15 is 0 Å². The molecule has 4 heteroatoms. The van der Waals surface area contributed by atoms with E-state index in [0.29, 0.717) is 6.04 Å². The maximum atomic E-state index is 5.56. The standard InChI is InChI=1S/C14H18BrN3/c15-10-4-7-13-12(9-10)17-14(3-1-2-8-16)18(13)11-5-6-11/h4,7,9,11H,1-3,5-6,8,16H2. The summed E-state index contributed by atoms with van der Waals surface area (Å²) < 4.78 is 3.54. The molecular formula is C14H18BrN3. The molecule has 0 aliphatic heterocycles. The van der Waals surface area contributed by atoms with E-state index in [-0.39, 0.29) is 0 Å². The van der Waals surface area contributed by atoms with Crippen molar-refractivity contribution in [3.8, 4) is 0 Å². The first-order chi connectivity index (χ1) is 8.79. The molecule has 18 heavy (non-hydrogen) atoms. The van der Waals surface area contributed by atoms with Crippen LogP contribution in [-0.4, -0.2) is 16.1 Å². The summed E-state index contributed by atoms with van der Waals surface area (Å²) in [6.45, 7) is 0.773. The number of hydrogen-bond acceptors (Lipinski definition) is 2. The predicted octanol–water partition coefficient (Wildman–Crippen LogP) is 3.42. The molecule has 0 unspecified atom stereocenters. The summed E-state index contributed by atoms with van der Waals surface area (Å²) in [4.78, 5) is 4.80. The Hall–Kier alpha value is -0.870. The van der Waals surface area contributed by atoms with Crippen LogP contribution >= 0.6 is 15.9 Å². The topological polar surface area (TPSA) is 43.8 Å². The Balaban J connectivity index is 1.98. The molecule has 1 fully saturated rings. The molecule has 1 aromatic heterocycles. The minimum absolute atomic E-state index is 0.684. The molecule has 0 bridgehead atoms. The van der Waals surface area contributed by atoms with Crippen molar-refractivity contribution >= 4 is 27.0 Å². The van der Waals surface area contributed by atoms with Crippen LogP contribution in [0.3, 0.4) is 0 Å². The van der Waals surface area contributed by atoms with Gasteiger partial charge >= 0.3 is 0 Å². The first-order valence-corrected chi connectivity index (χ1v) is 7.45. The van der Waals surface area contributed by atoms with E-state index in [0.717, 1.165) is 35.8 Å². The molecule has 3 nitrogen and oxygen atoms in total. The summed E-state index contributed by atoms with van der Waals surface area (Å²) in [5, 5.41) is 0. The van der Waals surface area contributed by atoms with Crippen LogP contribution in [-0.2, 0) is 6.42 Å². The van der Waals surface area contributed by atoms with Gasteiger partial charge in [0.15, 0.2) is 0 Å². The highest BCUT2D eigenvalue weighted by Gasteiger charge is 2.27. The van der Waals surface area contributed by atoms with Gasteiger partial charge in [0, 0.05) is 16.9 Å². The molecule has 1 aromatic carbocycles. The van der Waals surface area contributed by atoms with Gasteiger partial charge in [-0.15, -0.1) is 0 Å². The molecule has 3 rings (SSSR count). The smallest absolute Gasteiger partial charge is 0.110 e. The third kappa shape index (κ3) is 2.31. The summed E-state index contributed by atoms with van der Waals surface area (Å²) in [7, 11) is 0. The van der Waals surface area contributed by atoms with Crippen LogP contribution in [0.2, 0.25) is 0 Å². The van der Waals surface area contributed by atoms with Crippen LogP contribution in [0.15, 0.2) is 22.7 Å². The summed E-state index contributed by atoms with van der Waals surface area (Å²) in [6, 6.07) is 7.08. The molecule has 2 N–H and O–H groups in total. The van der Waals surface area contributed by atoms with E-state index in [1.807, 2.05) is 0 Å². The number of aryl methyl sites for hydroxylation is 1. The zero-order chi connectivity index (χ0) is 12.5. The van der Waals surface area contributed by atoms with Gasteiger partial charge in [0.05, 0.1) is 11.0 Å². The fourth-order valence-corrected chi connectivity index (χ4v) is 2.81. The zero-order valence-electron chi connectivity index (χ0n) is 10.4. The number of fused-ring (bicyclic) bond motifs is 1. The summed E-state index contributed by atoms with van der Waals surface area (Å²) in [5.74, 6) is 1.24. The van der Waals surface area contributed by atoms with Crippen molar-refractivity contribution in [1.29, 1.82) is 0 Å². The Kier molecular flexibility index (Phi) is 3.39. The van der Waals surface area contributed by atoms with E-state index in [4.69, 9.17) is 10.7 Å². The van der Waals surface area contributed by atoms with Gasteiger partial charge in [0.25, 0.3) is 0 Å². The minimum Gasteiger partial charge on any atom is -0.330 e. The van der Waals surface area contributed by atoms with Crippen molar-refractivity contribution in [1.82, 2.24) is 9.55 Å². The molecule has 0 saturated heterocycles. The number of hydrogen-bond donors (Lipinski definition) is 1. The molecule has 1 saturated carbocycles. The van der Waals surface area contributed by atoms with Gasteiger partial charge in [-0.2, -0.15) is 0 Å². The third-order valence-corrected chi connectivity index (χ3v) is 3.98. The van der Waals surface area contributed by atoms with E-state index < -0.39 is 0 Å². The summed E-state index contributed by atoms with van der Waals surface area (Å²) in [5.41, 5.74) is 7.96. The van der Waals surface area contributed by atoms with Gasteiger partial charge in [0.2, 0.25) is 0 Å². The Labute approximate surface area is 116 Å². The second kappa shape index (κ2) is 5.02. The lowest BCUT2D eigenvalue weighted by atomic mass is 10.2. The predicted molar refractivity (Wildman–Crippen MR) is 77.7 cm³/mol. The quantitative estimate of drug-likeness (QED) is 0.860. The average molecular weight is 308 g/mol. The summed E-state index contributed by atoms with van der Waals surface area (Å²) in [6.07, 6.45) is 5.85. The van der Waals surface area contributed by atoms with Crippen LogP contribution in [0, 0.1) is 0 Å². The van der Waals surface area contributed by atoms with Gasteiger partial charge in [-0.05, 0) is 50.4 Å². The second-order valence-electron chi connectivity index (χ2n) is 5.01. The van der Waals surface area contributed by atoms with E-state index in [1.165, 1.54) is 24.2 Å². The van der Waals surface area contributed by atoms with Gasteiger partial charge in [-0.25, -0.2) is 4.98 Å². The SMILES string of the molecule is NCCCCc1nc2cc(Br)ccc2n1C1CC1. The average Bonchev–Trinajstić information content (AvgIpc) is 3.12. The number of unbranched alkanes of at least 4 members (excludes halogenated alkanes) is 1. The second-order valence-corrected chi connectivity index (χ2v) is 5.92. The number of imidazole rings is 1. The van der Waals surface area contributed by atoms with Gasteiger partial charge in [-0.1, -0.05) is 15.9 Å². The van der Waals surface area contributed by atoms with Crippen LogP contribution in [0.5, 0.6) is 0 Å². The van der Waals surface area contributed by atoms with Gasteiger partial charge in [0.1, 0.15) is 5.82 Å². The number of nitrogens with zero attached hydrogens (tertiary/aromatic N) is 2. The molecule has 96 valence electrons. The minimum atomic E-state index is 0.684. The van der Waals surface area contributed by atoms with Crippen molar-refractivity contribution in [2.75, 3.05) is 6.54 Å². The number of rotatable bonds is 5. The van der Waals surface area contributed by atoms with E-state index in [1.54, 1.807) is 0 Å². The van der Waals surface area contributed by atoms with Crippen molar-refractivity contribution < 1.29 is 0 Å². The van der Waals surface area contributed by atoms with Crippen molar-refractivity contribution in [2.45, 2.75) is 38.1 Å². The fraction of sp³-hybridized carbons (Fsp3) is 0.500. The molecule has 0 amide bonds. The highest BCUT2D eigenvalue weighted by Crippen LogP contribution is 2.39. The molecule has 0 spiro atoms. The Morgan fingerprint density at radius 1 is 1.33 bits per heavy atom. The lowest BCUT2D eigenvalue weighted by Crippen LogP contribution is -2.04. The van der Waals surface area contributed by atoms with Crippen LogP contribution < -0.4 is 5.73 Å². The molecule has 2 aromatic rings. The molecule has 1 aliphatic carbocycles. The maximum absolute atomic E-state index is 5.56. The first kappa shape index (κ1) is 12.2. The Morgan fingerprint density at radius 2 is 2.17 bits per heavy atom. The highest BCUT2D eigenvalue weighted by molar-refractivity contribution is 9.10. The van der Waals surface area contributed by atoms with E-state index in [9.17, 15) is 0 Å². The van der Waals surface area contributed by atoms with Crippen LogP contribution in [0.1, 0.15) is 37.5 Å². The lowest BCUT2D eigenvalue weighted by Gasteiger charge is -2.07. The van der Waals surface area contributed by atoms with Crippen LogP contribution in [0.25, 0.3) is 11.0 Å². The zero-order valence-corrected chi connectivity index (χ0v) is 12.0. The third-order valence-electron chi connectivity index (χ3n) is 3.49. The van der Waals surface area contributed by atoms with Crippen LogP contribution in [0.4, 0.5) is 0 Å². The lowest BCUT2D eigenvalue weighted by molar-refractivity contribution is 0.652. The number of aromatic nitrogens is 2. The Morgan fingerprint density at radius 3 is 2.89 bits per heavy atom. The number of halogens is 1. The molecule has 0 atom stereocenters. The molecule has 0 radical (unpaired) electrons. The largest absolute Gasteiger partial charge is 0.330 e. The van der Waals surface area contributed by atoms with Gasteiger partial charge in [-0.3, -0.25) is 0 Å². The number of nitrogens with two attached hydrogens (primary N) is 1. The Bertz CT molecular complexity index is 557. The number of benzene rings is 1. The normalized spacial score (nSPS) is 15.4. The fourth-order valence-electron chi connectivity index (χ4n) is 2.47. The van der Waals surface area contributed by atoms with Gasteiger partial charge < -0.3 is 10.3 Å². The summed E-state index contributed by atoms with van der Waals surface area (Å²) >= 11 is 3.52. The first-order valence-electron chi connectivity index (χ1n) is 6.66. The highest BCUT2D eigenvalue weighted by atomic mass is 79.9.